The maximum absolute atomic E-state index is 12.8. The van der Waals surface area contributed by atoms with Crippen molar-refractivity contribution in [1.29, 1.82) is 0 Å². The van der Waals surface area contributed by atoms with Gasteiger partial charge in [-0.3, -0.25) is 9.36 Å². The van der Waals surface area contributed by atoms with Crippen LogP contribution in [0.2, 0.25) is 0 Å². The summed E-state index contributed by atoms with van der Waals surface area (Å²) in [5, 5.41) is 13.2. The van der Waals surface area contributed by atoms with Crippen molar-refractivity contribution < 1.29 is 4.79 Å². The van der Waals surface area contributed by atoms with Gasteiger partial charge in [-0.05, 0) is 62.8 Å². The lowest BCUT2D eigenvalue weighted by atomic mass is 10.00. The van der Waals surface area contributed by atoms with Gasteiger partial charge in [0, 0.05) is 19.1 Å². The summed E-state index contributed by atoms with van der Waals surface area (Å²) in [6.07, 6.45) is 7.19. The second-order valence-electron chi connectivity index (χ2n) is 9.64. The zero-order valence-electron chi connectivity index (χ0n) is 18.6. The molecular formula is C24H33N5OS. The van der Waals surface area contributed by atoms with Gasteiger partial charge in [0.05, 0.1) is 11.8 Å². The number of rotatable bonds is 8. The number of aromatic nitrogens is 3. The van der Waals surface area contributed by atoms with Gasteiger partial charge >= 0.3 is 0 Å². The first kappa shape index (κ1) is 20.9. The number of aryl methyl sites for hydroxylation is 1. The van der Waals surface area contributed by atoms with E-state index in [4.69, 9.17) is 0 Å². The Morgan fingerprint density at radius 2 is 1.81 bits per heavy atom. The van der Waals surface area contributed by atoms with Crippen molar-refractivity contribution in [2.24, 2.45) is 11.8 Å². The third-order valence-corrected chi connectivity index (χ3v) is 7.75. The summed E-state index contributed by atoms with van der Waals surface area (Å²) < 4.78 is 2.30. The summed E-state index contributed by atoms with van der Waals surface area (Å²) in [7, 11) is 0. The fourth-order valence-corrected chi connectivity index (χ4v) is 5.28. The molecule has 2 saturated carbocycles. The van der Waals surface area contributed by atoms with Gasteiger partial charge < -0.3 is 10.2 Å². The van der Waals surface area contributed by atoms with E-state index < -0.39 is 0 Å². The summed E-state index contributed by atoms with van der Waals surface area (Å²) in [6, 6.07) is 9.20. The molecule has 31 heavy (non-hydrogen) atoms. The maximum atomic E-state index is 12.8. The van der Waals surface area contributed by atoms with E-state index in [2.05, 4.69) is 63.1 Å². The molecule has 2 aromatic rings. The second kappa shape index (κ2) is 8.85. The molecule has 1 aromatic heterocycles. The monoisotopic (exact) mass is 439 g/mol. The maximum Gasteiger partial charge on any atom is 0.230 e. The number of anilines is 1. The average molecular weight is 440 g/mol. The number of hydrogen-bond donors (Lipinski definition) is 1. The number of carbonyl (C=O) groups excluding carboxylic acids is 1. The van der Waals surface area contributed by atoms with Gasteiger partial charge in [0.25, 0.3) is 0 Å². The molecule has 3 fully saturated rings. The minimum absolute atomic E-state index is 0.0844. The minimum atomic E-state index is 0.0844. The molecule has 7 heteroatoms. The molecule has 1 atom stereocenters. The molecule has 0 spiro atoms. The Bertz CT molecular complexity index is 911. The molecule has 0 bridgehead atoms. The Kier molecular flexibility index (Phi) is 5.95. The van der Waals surface area contributed by atoms with Crippen LogP contribution in [-0.2, 0) is 4.79 Å². The fraction of sp³-hybridized carbons (Fsp3) is 0.625. The lowest BCUT2D eigenvalue weighted by molar-refractivity contribution is -0.119. The van der Waals surface area contributed by atoms with Crippen molar-refractivity contribution in [2.45, 2.75) is 69.6 Å². The molecule has 1 unspecified atom stereocenters. The zero-order chi connectivity index (χ0) is 21.4. The molecule has 2 heterocycles. The Morgan fingerprint density at radius 1 is 1.10 bits per heavy atom. The van der Waals surface area contributed by atoms with E-state index >= 15 is 0 Å². The van der Waals surface area contributed by atoms with Gasteiger partial charge in [0.1, 0.15) is 0 Å². The van der Waals surface area contributed by atoms with Crippen LogP contribution in [0.5, 0.6) is 0 Å². The molecule has 1 saturated heterocycles. The number of amides is 1. The minimum Gasteiger partial charge on any atom is -0.348 e. The molecule has 5 rings (SSSR count). The van der Waals surface area contributed by atoms with Crippen molar-refractivity contribution in [1.82, 2.24) is 20.1 Å². The highest BCUT2D eigenvalue weighted by Gasteiger charge is 2.35. The van der Waals surface area contributed by atoms with E-state index in [1.54, 1.807) is 0 Å². The van der Waals surface area contributed by atoms with Gasteiger partial charge in [-0.25, -0.2) is 0 Å². The highest BCUT2D eigenvalue weighted by molar-refractivity contribution is 7.99. The number of hydrogen-bond acceptors (Lipinski definition) is 5. The Labute approximate surface area is 189 Å². The van der Waals surface area contributed by atoms with E-state index in [1.807, 2.05) is 0 Å². The van der Waals surface area contributed by atoms with Gasteiger partial charge in [-0.1, -0.05) is 48.5 Å². The quantitative estimate of drug-likeness (QED) is 0.613. The molecule has 166 valence electrons. The van der Waals surface area contributed by atoms with Gasteiger partial charge in [0.2, 0.25) is 11.9 Å². The first-order valence-electron chi connectivity index (χ1n) is 11.8. The number of piperidine rings is 1. The average Bonchev–Trinajstić information content (AvgIpc) is 3.70. The predicted octanol–water partition coefficient (Wildman–Crippen LogP) is 4.52. The van der Waals surface area contributed by atoms with E-state index in [0.717, 1.165) is 30.1 Å². The van der Waals surface area contributed by atoms with Crippen LogP contribution in [0.4, 0.5) is 5.95 Å². The van der Waals surface area contributed by atoms with Crippen LogP contribution < -0.4 is 10.2 Å². The van der Waals surface area contributed by atoms with Gasteiger partial charge in [-0.15, -0.1) is 10.2 Å². The standard InChI is InChI=1S/C24H33N5OS/c1-16-3-5-18(6-4-16)22(19-7-8-19)25-21(30)15-31-24-27-26-23(29(24)20-9-10-20)28-13-11-17(2)12-14-28/h3-6,17,19-20,22H,7-15H2,1-2H3,(H,25,30). The van der Waals surface area contributed by atoms with E-state index in [9.17, 15) is 4.79 Å². The van der Waals surface area contributed by atoms with Crippen LogP contribution in [-0.4, -0.2) is 39.5 Å². The Balaban J connectivity index is 1.23. The highest BCUT2D eigenvalue weighted by Crippen LogP contribution is 2.42. The SMILES string of the molecule is Cc1ccc(C(NC(=O)CSc2nnc(N3CCC(C)CC3)n2C2CC2)C2CC2)cc1. The number of thioether (sulfide) groups is 1. The molecule has 1 aliphatic heterocycles. The van der Waals surface area contributed by atoms with Crippen LogP contribution in [0.3, 0.4) is 0 Å². The van der Waals surface area contributed by atoms with Crippen LogP contribution >= 0.6 is 11.8 Å². The molecule has 1 amide bonds. The summed E-state index contributed by atoms with van der Waals surface area (Å²) >= 11 is 1.53. The lowest BCUT2D eigenvalue weighted by Crippen LogP contribution is -2.34. The summed E-state index contributed by atoms with van der Waals surface area (Å²) in [5.74, 6) is 2.84. The largest absolute Gasteiger partial charge is 0.348 e. The van der Waals surface area contributed by atoms with Crippen LogP contribution in [0.1, 0.15) is 68.7 Å². The van der Waals surface area contributed by atoms with Crippen molar-refractivity contribution in [2.75, 3.05) is 23.7 Å². The number of nitrogens with one attached hydrogen (secondary N) is 1. The Hall–Kier alpha value is -2.02. The first-order chi connectivity index (χ1) is 15.1. The molecule has 6 nitrogen and oxygen atoms in total. The molecule has 1 aromatic carbocycles. The molecule has 0 radical (unpaired) electrons. The van der Waals surface area contributed by atoms with Crippen molar-refractivity contribution in [3.8, 4) is 0 Å². The number of nitrogens with zero attached hydrogens (tertiary/aromatic N) is 4. The number of benzene rings is 1. The molecular weight excluding hydrogens is 406 g/mol. The lowest BCUT2D eigenvalue weighted by Gasteiger charge is -2.31. The Morgan fingerprint density at radius 3 is 2.45 bits per heavy atom. The normalized spacial score (nSPS) is 20.6. The number of carbonyl (C=O) groups is 1. The van der Waals surface area contributed by atoms with Crippen molar-refractivity contribution >= 4 is 23.6 Å². The van der Waals surface area contributed by atoms with Crippen LogP contribution in [0, 0.1) is 18.8 Å². The third kappa shape index (κ3) is 4.92. The smallest absolute Gasteiger partial charge is 0.230 e. The second-order valence-corrected chi connectivity index (χ2v) is 10.6. The first-order valence-corrected chi connectivity index (χ1v) is 12.8. The molecule has 1 N–H and O–H groups in total. The third-order valence-electron chi connectivity index (χ3n) is 6.80. The van der Waals surface area contributed by atoms with Gasteiger partial charge in [-0.2, -0.15) is 0 Å². The highest BCUT2D eigenvalue weighted by atomic mass is 32.2. The fourth-order valence-electron chi connectivity index (χ4n) is 4.47. The molecule has 2 aliphatic carbocycles. The summed E-state index contributed by atoms with van der Waals surface area (Å²) in [4.78, 5) is 15.2. The van der Waals surface area contributed by atoms with Crippen LogP contribution in [0.25, 0.3) is 0 Å². The van der Waals surface area contributed by atoms with Gasteiger partial charge in [0.15, 0.2) is 5.16 Å². The molecule has 3 aliphatic rings. The van der Waals surface area contributed by atoms with E-state index in [0.29, 0.717) is 17.7 Å². The van der Waals surface area contributed by atoms with Crippen molar-refractivity contribution in [3.05, 3.63) is 35.4 Å². The van der Waals surface area contributed by atoms with E-state index in [1.165, 1.54) is 61.4 Å². The van der Waals surface area contributed by atoms with Crippen molar-refractivity contribution in [3.63, 3.8) is 0 Å². The summed E-state index contributed by atoms with van der Waals surface area (Å²) in [6.45, 7) is 6.53. The predicted molar refractivity (Wildman–Crippen MR) is 124 cm³/mol. The summed E-state index contributed by atoms with van der Waals surface area (Å²) in [5.41, 5.74) is 2.47. The zero-order valence-corrected chi connectivity index (χ0v) is 19.4. The topological polar surface area (TPSA) is 63.1 Å². The van der Waals surface area contributed by atoms with Crippen LogP contribution in [0.15, 0.2) is 29.4 Å². The van der Waals surface area contributed by atoms with E-state index in [-0.39, 0.29) is 11.9 Å².